The summed E-state index contributed by atoms with van der Waals surface area (Å²) in [7, 11) is 0. The van der Waals surface area contributed by atoms with Crippen LogP contribution in [-0.4, -0.2) is 11.0 Å². The van der Waals surface area contributed by atoms with Gasteiger partial charge < -0.3 is 16.4 Å². The Bertz CT molecular complexity index is 598. The molecule has 0 aliphatic rings. The van der Waals surface area contributed by atoms with Gasteiger partial charge in [0, 0.05) is 17.6 Å². The van der Waals surface area contributed by atoms with E-state index >= 15 is 0 Å². The van der Waals surface area contributed by atoms with E-state index in [-0.39, 0.29) is 6.03 Å². The normalized spacial score (nSPS) is 10.1. The van der Waals surface area contributed by atoms with Crippen LogP contribution in [-0.2, 0) is 13.0 Å². The number of aromatic nitrogens is 1. The number of amides is 2. The molecule has 0 unspecified atom stereocenters. The van der Waals surface area contributed by atoms with Gasteiger partial charge in [-0.05, 0) is 36.2 Å². The Balaban J connectivity index is 1.92. The Morgan fingerprint density at radius 3 is 2.90 bits per heavy atom. The van der Waals surface area contributed by atoms with Crippen molar-refractivity contribution in [1.82, 2.24) is 10.3 Å². The molecule has 0 spiro atoms. The summed E-state index contributed by atoms with van der Waals surface area (Å²) in [5.41, 5.74) is 8.96. The quantitative estimate of drug-likeness (QED) is 0.747. The molecule has 0 radical (unpaired) electrons. The van der Waals surface area contributed by atoms with Crippen LogP contribution in [0.3, 0.4) is 0 Å². The number of rotatable bonds is 4. The van der Waals surface area contributed by atoms with Gasteiger partial charge in [-0.15, -0.1) is 0 Å². The summed E-state index contributed by atoms with van der Waals surface area (Å²) in [5.74, 6) is 0. The van der Waals surface area contributed by atoms with E-state index in [1.165, 1.54) is 0 Å². The standard InChI is InChI=1S/C15H18N4O/c1-2-11-5-4-8-17-14(11)10-18-15(20)19-13-7-3-6-12(16)9-13/h3-9H,2,10,16H2,1H3,(H2,18,19,20). The van der Waals surface area contributed by atoms with Gasteiger partial charge in [-0.3, -0.25) is 4.98 Å². The van der Waals surface area contributed by atoms with Crippen molar-refractivity contribution in [2.24, 2.45) is 0 Å². The van der Waals surface area contributed by atoms with Crippen molar-refractivity contribution in [3.63, 3.8) is 0 Å². The van der Waals surface area contributed by atoms with Crippen LogP contribution in [0.25, 0.3) is 0 Å². The lowest BCUT2D eigenvalue weighted by Crippen LogP contribution is -2.29. The second-order valence-corrected chi connectivity index (χ2v) is 4.40. The number of nitrogen functional groups attached to an aromatic ring is 1. The van der Waals surface area contributed by atoms with Crippen LogP contribution in [0.1, 0.15) is 18.2 Å². The molecule has 0 atom stereocenters. The van der Waals surface area contributed by atoms with Crippen LogP contribution in [0, 0.1) is 0 Å². The Morgan fingerprint density at radius 1 is 1.30 bits per heavy atom. The minimum Gasteiger partial charge on any atom is -0.399 e. The van der Waals surface area contributed by atoms with E-state index in [4.69, 9.17) is 5.73 Å². The third-order valence-corrected chi connectivity index (χ3v) is 2.93. The summed E-state index contributed by atoms with van der Waals surface area (Å²) in [6.07, 6.45) is 2.62. The summed E-state index contributed by atoms with van der Waals surface area (Å²) in [6, 6.07) is 10.7. The molecular formula is C15H18N4O. The van der Waals surface area contributed by atoms with Crippen LogP contribution in [0.15, 0.2) is 42.6 Å². The van der Waals surface area contributed by atoms with Gasteiger partial charge in [-0.25, -0.2) is 4.79 Å². The smallest absolute Gasteiger partial charge is 0.319 e. The summed E-state index contributed by atoms with van der Waals surface area (Å²) < 4.78 is 0. The number of hydrogen-bond acceptors (Lipinski definition) is 3. The van der Waals surface area contributed by atoms with Crippen molar-refractivity contribution in [3.05, 3.63) is 53.9 Å². The van der Waals surface area contributed by atoms with E-state index in [1.807, 2.05) is 12.1 Å². The molecule has 0 fully saturated rings. The number of aryl methyl sites for hydroxylation is 1. The molecule has 2 rings (SSSR count). The van der Waals surface area contributed by atoms with Crippen molar-refractivity contribution >= 4 is 17.4 Å². The SMILES string of the molecule is CCc1cccnc1CNC(=O)Nc1cccc(N)c1. The zero-order valence-corrected chi connectivity index (χ0v) is 11.4. The van der Waals surface area contributed by atoms with Gasteiger partial charge in [0.25, 0.3) is 0 Å². The maximum Gasteiger partial charge on any atom is 0.319 e. The Kier molecular flexibility index (Phi) is 4.55. The predicted octanol–water partition coefficient (Wildman–Crippen LogP) is 2.55. The van der Waals surface area contributed by atoms with Crippen LogP contribution in [0.5, 0.6) is 0 Å². The molecule has 2 amide bonds. The Hall–Kier alpha value is -2.56. The molecule has 0 aliphatic heterocycles. The molecule has 1 aromatic heterocycles. The number of nitrogens with one attached hydrogen (secondary N) is 2. The minimum atomic E-state index is -0.275. The number of hydrogen-bond donors (Lipinski definition) is 3. The highest BCUT2D eigenvalue weighted by molar-refractivity contribution is 5.89. The second kappa shape index (κ2) is 6.56. The molecule has 5 heteroatoms. The van der Waals surface area contributed by atoms with Gasteiger partial charge in [0.1, 0.15) is 0 Å². The van der Waals surface area contributed by atoms with E-state index in [1.54, 1.807) is 30.5 Å². The topological polar surface area (TPSA) is 80.0 Å². The van der Waals surface area contributed by atoms with Crippen molar-refractivity contribution in [2.75, 3.05) is 11.1 Å². The van der Waals surface area contributed by atoms with Gasteiger partial charge in [0.15, 0.2) is 0 Å². The van der Waals surface area contributed by atoms with Crippen molar-refractivity contribution in [2.45, 2.75) is 19.9 Å². The summed E-state index contributed by atoms with van der Waals surface area (Å²) in [6.45, 7) is 2.46. The fourth-order valence-electron chi connectivity index (χ4n) is 1.91. The molecule has 0 saturated carbocycles. The van der Waals surface area contributed by atoms with Crippen LogP contribution >= 0.6 is 0 Å². The lowest BCUT2D eigenvalue weighted by atomic mass is 10.1. The van der Waals surface area contributed by atoms with E-state index in [0.29, 0.717) is 17.9 Å². The largest absolute Gasteiger partial charge is 0.399 e. The summed E-state index contributed by atoms with van der Waals surface area (Å²) >= 11 is 0. The number of nitrogens with two attached hydrogens (primary N) is 1. The molecule has 104 valence electrons. The first kappa shape index (κ1) is 13.9. The zero-order valence-electron chi connectivity index (χ0n) is 11.4. The first-order valence-electron chi connectivity index (χ1n) is 6.52. The molecular weight excluding hydrogens is 252 g/mol. The van der Waals surface area contributed by atoms with E-state index in [2.05, 4.69) is 22.5 Å². The lowest BCUT2D eigenvalue weighted by Gasteiger charge is -2.10. The molecule has 4 N–H and O–H groups in total. The van der Waals surface area contributed by atoms with Crippen LogP contribution < -0.4 is 16.4 Å². The molecule has 20 heavy (non-hydrogen) atoms. The Labute approximate surface area is 118 Å². The highest BCUT2D eigenvalue weighted by Crippen LogP contribution is 2.11. The fraction of sp³-hybridized carbons (Fsp3) is 0.200. The number of anilines is 2. The van der Waals surface area contributed by atoms with Gasteiger partial charge in [0.2, 0.25) is 0 Å². The number of nitrogens with zero attached hydrogens (tertiary/aromatic N) is 1. The molecule has 2 aromatic rings. The van der Waals surface area contributed by atoms with Crippen molar-refractivity contribution < 1.29 is 4.79 Å². The number of carbonyl (C=O) groups is 1. The van der Waals surface area contributed by atoms with Gasteiger partial charge in [0.05, 0.1) is 12.2 Å². The van der Waals surface area contributed by atoms with Crippen molar-refractivity contribution in [3.8, 4) is 0 Å². The van der Waals surface area contributed by atoms with E-state index in [0.717, 1.165) is 17.7 Å². The van der Waals surface area contributed by atoms with Crippen LogP contribution in [0.4, 0.5) is 16.2 Å². The second-order valence-electron chi connectivity index (χ2n) is 4.40. The summed E-state index contributed by atoms with van der Waals surface area (Å²) in [4.78, 5) is 16.1. The molecule has 5 nitrogen and oxygen atoms in total. The van der Waals surface area contributed by atoms with Gasteiger partial charge in [-0.1, -0.05) is 19.1 Å². The monoisotopic (exact) mass is 270 g/mol. The molecule has 1 heterocycles. The lowest BCUT2D eigenvalue weighted by molar-refractivity contribution is 0.251. The van der Waals surface area contributed by atoms with Crippen LogP contribution in [0.2, 0.25) is 0 Å². The number of pyridine rings is 1. The zero-order chi connectivity index (χ0) is 14.4. The third-order valence-electron chi connectivity index (χ3n) is 2.93. The number of benzene rings is 1. The summed E-state index contributed by atoms with van der Waals surface area (Å²) in [5, 5.41) is 5.52. The van der Waals surface area contributed by atoms with Crippen molar-refractivity contribution in [1.29, 1.82) is 0 Å². The molecule has 1 aromatic carbocycles. The average molecular weight is 270 g/mol. The first-order valence-corrected chi connectivity index (χ1v) is 6.52. The third kappa shape index (κ3) is 3.71. The minimum absolute atomic E-state index is 0.275. The molecule has 0 aliphatic carbocycles. The van der Waals surface area contributed by atoms with E-state index < -0.39 is 0 Å². The fourth-order valence-corrected chi connectivity index (χ4v) is 1.91. The number of carbonyl (C=O) groups excluding carboxylic acids is 1. The highest BCUT2D eigenvalue weighted by Gasteiger charge is 2.05. The molecule has 0 bridgehead atoms. The van der Waals surface area contributed by atoms with Gasteiger partial charge >= 0.3 is 6.03 Å². The number of urea groups is 1. The van der Waals surface area contributed by atoms with E-state index in [9.17, 15) is 4.79 Å². The maximum atomic E-state index is 11.8. The Morgan fingerprint density at radius 2 is 2.15 bits per heavy atom. The first-order chi connectivity index (χ1) is 9.69. The average Bonchev–Trinajstić information content (AvgIpc) is 2.45. The molecule has 0 saturated heterocycles. The van der Waals surface area contributed by atoms with Gasteiger partial charge in [-0.2, -0.15) is 0 Å². The highest BCUT2D eigenvalue weighted by atomic mass is 16.2. The maximum absolute atomic E-state index is 11.8. The predicted molar refractivity (Wildman–Crippen MR) is 80.3 cm³/mol.